The number of aryl methyl sites for hydroxylation is 2. The van der Waals surface area contributed by atoms with Gasteiger partial charge in [0.2, 0.25) is 0 Å². The molecule has 2 aromatic rings. The zero-order valence-electron chi connectivity index (χ0n) is 9.61. The summed E-state index contributed by atoms with van der Waals surface area (Å²) in [6.45, 7) is 6.33. The molecule has 1 aliphatic rings. The van der Waals surface area contributed by atoms with Gasteiger partial charge in [-0.2, -0.15) is 0 Å². The second-order valence-electron chi connectivity index (χ2n) is 4.44. The van der Waals surface area contributed by atoms with Gasteiger partial charge in [-0.15, -0.1) is 0 Å². The molecule has 17 heavy (non-hydrogen) atoms. The minimum absolute atomic E-state index is 0.560. The zero-order chi connectivity index (χ0) is 11.8. The van der Waals surface area contributed by atoms with Crippen LogP contribution in [0.1, 0.15) is 22.4 Å². The Labute approximate surface area is 102 Å². The van der Waals surface area contributed by atoms with Crippen LogP contribution < -0.4 is 5.73 Å². The number of hydrogen-bond acceptors (Lipinski definition) is 2. The van der Waals surface area contributed by atoms with Gasteiger partial charge in [0.05, 0.1) is 5.69 Å². The van der Waals surface area contributed by atoms with Crippen LogP contribution in [0.15, 0.2) is 30.3 Å². The highest BCUT2D eigenvalue weighted by atomic mass is 14.7. The van der Waals surface area contributed by atoms with Crippen molar-refractivity contribution in [3.8, 4) is 11.3 Å². The van der Waals surface area contributed by atoms with E-state index < -0.39 is 0 Å². The lowest BCUT2D eigenvalue weighted by atomic mass is 9.88. The lowest BCUT2D eigenvalue weighted by Gasteiger charge is -2.19. The molecule has 2 radical (unpaired) electrons. The average molecular weight is 222 g/mol. The van der Waals surface area contributed by atoms with E-state index in [1.165, 1.54) is 16.7 Å². The Balaban J connectivity index is 2.22. The molecule has 0 saturated carbocycles. The molecule has 84 valence electrons. The molecule has 0 bridgehead atoms. The van der Waals surface area contributed by atoms with Crippen molar-refractivity contribution >= 4 is 0 Å². The molecule has 1 aromatic carbocycles. The van der Waals surface area contributed by atoms with Gasteiger partial charge >= 0.3 is 0 Å². The van der Waals surface area contributed by atoms with Crippen molar-refractivity contribution in [2.24, 2.45) is 5.73 Å². The van der Waals surface area contributed by atoms with Crippen LogP contribution in [0.5, 0.6) is 0 Å². The molecule has 2 heteroatoms. The van der Waals surface area contributed by atoms with Crippen LogP contribution in [0.4, 0.5) is 0 Å². The Morgan fingerprint density at radius 1 is 1.12 bits per heavy atom. The van der Waals surface area contributed by atoms with E-state index in [4.69, 9.17) is 12.7 Å². The lowest BCUT2D eigenvalue weighted by Crippen LogP contribution is -2.07. The SMILES string of the molecule is [CH]c1ccc2c(n1)-c1cc(CN)ccc1CC2. The smallest absolute Gasteiger partial charge is 0.0740 e. The van der Waals surface area contributed by atoms with Crippen molar-refractivity contribution < 1.29 is 0 Å². The third-order valence-corrected chi connectivity index (χ3v) is 3.33. The zero-order valence-corrected chi connectivity index (χ0v) is 9.61. The van der Waals surface area contributed by atoms with Crippen LogP contribution >= 0.6 is 0 Å². The average Bonchev–Trinajstić information content (AvgIpc) is 2.38. The van der Waals surface area contributed by atoms with Gasteiger partial charge in [0.1, 0.15) is 0 Å². The van der Waals surface area contributed by atoms with E-state index >= 15 is 0 Å². The number of hydrogen-bond donors (Lipinski definition) is 1. The summed E-state index contributed by atoms with van der Waals surface area (Å²) in [4.78, 5) is 4.47. The van der Waals surface area contributed by atoms with Gasteiger partial charge < -0.3 is 5.73 Å². The van der Waals surface area contributed by atoms with Gasteiger partial charge in [0.15, 0.2) is 0 Å². The van der Waals surface area contributed by atoms with E-state index in [2.05, 4.69) is 29.2 Å². The van der Waals surface area contributed by atoms with Gasteiger partial charge in [0, 0.05) is 24.7 Å². The third kappa shape index (κ3) is 1.75. The monoisotopic (exact) mass is 222 g/mol. The second-order valence-corrected chi connectivity index (χ2v) is 4.44. The lowest BCUT2D eigenvalue weighted by molar-refractivity contribution is 0.920. The van der Waals surface area contributed by atoms with Gasteiger partial charge in [-0.05, 0) is 41.7 Å². The summed E-state index contributed by atoms with van der Waals surface area (Å²) >= 11 is 0. The molecular weight excluding hydrogens is 208 g/mol. The van der Waals surface area contributed by atoms with Crippen molar-refractivity contribution in [2.45, 2.75) is 19.4 Å². The molecule has 0 saturated heterocycles. The molecule has 0 amide bonds. The highest BCUT2D eigenvalue weighted by Crippen LogP contribution is 2.32. The predicted molar refractivity (Wildman–Crippen MR) is 68.4 cm³/mol. The number of nitrogens with two attached hydrogens (primary N) is 1. The summed E-state index contributed by atoms with van der Waals surface area (Å²) < 4.78 is 0. The van der Waals surface area contributed by atoms with E-state index in [-0.39, 0.29) is 0 Å². The van der Waals surface area contributed by atoms with Crippen LogP contribution in [-0.2, 0) is 19.4 Å². The molecule has 3 rings (SSSR count). The number of pyridine rings is 1. The fourth-order valence-electron chi connectivity index (χ4n) is 2.40. The Kier molecular flexibility index (Phi) is 2.45. The van der Waals surface area contributed by atoms with Crippen LogP contribution in [0.2, 0.25) is 0 Å². The number of rotatable bonds is 1. The quantitative estimate of drug-likeness (QED) is 0.804. The van der Waals surface area contributed by atoms with Gasteiger partial charge in [-0.3, -0.25) is 4.98 Å². The van der Waals surface area contributed by atoms with E-state index in [1.807, 2.05) is 6.07 Å². The van der Waals surface area contributed by atoms with Crippen molar-refractivity contribution in [2.75, 3.05) is 0 Å². The van der Waals surface area contributed by atoms with Crippen LogP contribution in [0, 0.1) is 6.92 Å². The van der Waals surface area contributed by atoms with Crippen LogP contribution in [-0.4, -0.2) is 4.98 Å². The number of benzene rings is 1. The molecule has 0 unspecified atom stereocenters. The number of fused-ring (bicyclic) bond motifs is 3. The van der Waals surface area contributed by atoms with Crippen molar-refractivity contribution in [1.29, 1.82) is 0 Å². The summed E-state index contributed by atoms with van der Waals surface area (Å²) in [5.41, 5.74) is 12.3. The van der Waals surface area contributed by atoms with Crippen LogP contribution in [0.3, 0.4) is 0 Å². The van der Waals surface area contributed by atoms with Crippen molar-refractivity contribution in [1.82, 2.24) is 4.98 Å². The topological polar surface area (TPSA) is 38.9 Å². The molecule has 1 aliphatic carbocycles. The summed E-state index contributed by atoms with van der Waals surface area (Å²) in [6, 6.07) is 10.3. The Morgan fingerprint density at radius 2 is 1.88 bits per heavy atom. The second kappa shape index (κ2) is 3.97. The van der Waals surface area contributed by atoms with Gasteiger partial charge in [-0.25, -0.2) is 0 Å². The number of nitrogens with zero attached hydrogens (tertiary/aromatic N) is 1. The van der Waals surface area contributed by atoms with Gasteiger partial charge in [-0.1, -0.05) is 18.2 Å². The molecule has 0 spiro atoms. The standard InChI is InChI=1S/C15H14N2/c1-10-2-4-13-7-6-12-5-3-11(9-16)8-14(12)15(13)17-10/h1-5,8H,6-7,9,16H2. The highest BCUT2D eigenvalue weighted by molar-refractivity contribution is 5.70. The highest BCUT2D eigenvalue weighted by Gasteiger charge is 2.17. The Morgan fingerprint density at radius 3 is 2.71 bits per heavy atom. The van der Waals surface area contributed by atoms with Crippen molar-refractivity contribution in [3.05, 3.63) is 59.6 Å². The fraction of sp³-hybridized carbons (Fsp3) is 0.200. The van der Waals surface area contributed by atoms with E-state index in [0.29, 0.717) is 12.2 Å². The molecule has 0 aliphatic heterocycles. The predicted octanol–water partition coefficient (Wildman–Crippen LogP) is 2.37. The third-order valence-electron chi connectivity index (χ3n) is 3.33. The van der Waals surface area contributed by atoms with Crippen molar-refractivity contribution in [3.63, 3.8) is 0 Å². The molecular formula is C15H14N2. The first-order valence-corrected chi connectivity index (χ1v) is 5.85. The van der Waals surface area contributed by atoms with Gasteiger partial charge in [0.25, 0.3) is 0 Å². The molecule has 0 fully saturated rings. The normalized spacial score (nSPS) is 13.1. The van der Waals surface area contributed by atoms with E-state index in [1.54, 1.807) is 0 Å². The van der Waals surface area contributed by atoms with Crippen LogP contribution in [0.25, 0.3) is 11.3 Å². The maximum atomic E-state index is 5.77. The largest absolute Gasteiger partial charge is 0.326 e. The maximum absolute atomic E-state index is 5.77. The summed E-state index contributed by atoms with van der Waals surface area (Å²) in [5.74, 6) is 0. The molecule has 0 atom stereocenters. The number of aromatic nitrogens is 1. The summed E-state index contributed by atoms with van der Waals surface area (Å²) in [6.07, 6.45) is 2.11. The van der Waals surface area contributed by atoms with E-state index in [0.717, 1.165) is 24.1 Å². The van der Waals surface area contributed by atoms with E-state index in [9.17, 15) is 0 Å². The molecule has 2 N–H and O–H groups in total. The Hall–Kier alpha value is -1.67. The minimum Gasteiger partial charge on any atom is -0.326 e. The minimum atomic E-state index is 0.560. The summed E-state index contributed by atoms with van der Waals surface area (Å²) in [7, 11) is 0. The molecule has 1 heterocycles. The first kappa shape index (κ1) is 10.5. The first-order chi connectivity index (χ1) is 8.28. The summed E-state index contributed by atoms with van der Waals surface area (Å²) in [5, 5.41) is 0. The maximum Gasteiger partial charge on any atom is 0.0740 e. The first-order valence-electron chi connectivity index (χ1n) is 5.85. The molecule has 1 aromatic heterocycles. The fourth-order valence-corrected chi connectivity index (χ4v) is 2.40. The Bertz CT molecular complexity index is 573. The molecule has 2 nitrogen and oxygen atoms in total.